The molecule has 4 rings (SSSR count). The van der Waals surface area contributed by atoms with Gasteiger partial charge in [0.1, 0.15) is 0 Å². The van der Waals surface area contributed by atoms with E-state index in [1.807, 2.05) is 30.3 Å². The molecule has 0 radical (unpaired) electrons. The number of hydrogen-bond acceptors (Lipinski definition) is 4. The average Bonchev–Trinajstić information content (AvgIpc) is 3.42. The maximum atomic E-state index is 12.5. The minimum Gasteiger partial charge on any atom is -0.355 e. The van der Waals surface area contributed by atoms with Gasteiger partial charge >= 0.3 is 0 Å². The van der Waals surface area contributed by atoms with Crippen LogP contribution in [0, 0.1) is 0 Å². The molecule has 0 aliphatic heterocycles. The quantitative estimate of drug-likeness (QED) is 0.727. The summed E-state index contributed by atoms with van der Waals surface area (Å²) in [5, 5.41) is 9.13. The van der Waals surface area contributed by atoms with Crippen molar-refractivity contribution in [2.24, 2.45) is 0 Å². The van der Waals surface area contributed by atoms with Crippen molar-refractivity contribution in [2.45, 2.75) is 31.1 Å². The highest BCUT2D eigenvalue weighted by Crippen LogP contribution is 2.42. The molecule has 0 saturated heterocycles. The molecule has 128 valence electrons. The second-order valence-corrected chi connectivity index (χ2v) is 7.54. The lowest BCUT2D eigenvalue weighted by Gasteiger charge is -2.28. The number of nitrogens with zero attached hydrogens (tertiary/aromatic N) is 1. The third-order valence-electron chi connectivity index (χ3n) is 4.99. The number of carbonyl (C=O) groups is 1. The molecular formula is C20H20N2O2S. The highest BCUT2D eigenvalue weighted by molar-refractivity contribution is 7.10. The minimum absolute atomic E-state index is 0.0792. The van der Waals surface area contributed by atoms with Crippen LogP contribution in [-0.2, 0) is 5.41 Å². The van der Waals surface area contributed by atoms with Crippen LogP contribution in [0.5, 0.6) is 0 Å². The molecule has 0 bridgehead atoms. The van der Waals surface area contributed by atoms with Crippen LogP contribution >= 0.6 is 11.3 Å². The van der Waals surface area contributed by atoms with E-state index >= 15 is 0 Å². The smallest absolute Gasteiger partial charge is 0.273 e. The van der Waals surface area contributed by atoms with E-state index in [9.17, 15) is 4.79 Å². The molecule has 4 nitrogen and oxygen atoms in total. The number of thiophene rings is 1. The van der Waals surface area contributed by atoms with Crippen LogP contribution < -0.4 is 5.32 Å². The van der Waals surface area contributed by atoms with Crippen LogP contribution in [0.3, 0.4) is 0 Å². The Balaban J connectivity index is 1.46. The summed E-state index contributed by atoms with van der Waals surface area (Å²) < 4.78 is 5.33. The number of aromatic nitrogens is 1. The molecule has 2 aromatic heterocycles. The number of rotatable bonds is 5. The van der Waals surface area contributed by atoms with Crippen LogP contribution in [0.1, 0.15) is 41.0 Å². The maximum Gasteiger partial charge on any atom is 0.273 e. The van der Waals surface area contributed by atoms with Crippen LogP contribution in [0.4, 0.5) is 0 Å². The summed E-state index contributed by atoms with van der Waals surface area (Å²) in [5.41, 5.74) is 1.33. The van der Waals surface area contributed by atoms with Crippen LogP contribution in [0.25, 0.3) is 11.3 Å². The van der Waals surface area contributed by atoms with Crippen molar-refractivity contribution in [3.63, 3.8) is 0 Å². The maximum absolute atomic E-state index is 12.5. The zero-order chi connectivity index (χ0) is 17.1. The van der Waals surface area contributed by atoms with E-state index in [0.717, 1.165) is 18.4 Å². The average molecular weight is 352 g/mol. The lowest BCUT2D eigenvalue weighted by molar-refractivity contribution is 0.0934. The fourth-order valence-corrected chi connectivity index (χ4v) is 4.59. The zero-order valence-electron chi connectivity index (χ0n) is 13.9. The Morgan fingerprint density at radius 3 is 2.68 bits per heavy atom. The molecule has 1 saturated carbocycles. The number of amides is 1. The van der Waals surface area contributed by atoms with Crippen molar-refractivity contribution >= 4 is 17.2 Å². The SMILES string of the molecule is O=C(NCC1(c2cccs2)CCCC1)c1cc(-c2ccccc2)on1. The molecule has 1 aromatic carbocycles. The Hall–Kier alpha value is -2.40. The third-order valence-corrected chi connectivity index (χ3v) is 6.11. The van der Waals surface area contributed by atoms with Crippen LogP contribution in [0.2, 0.25) is 0 Å². The standard InChI is InChI=1S/C20H20N2O2S/c23-19(16-13-17(24-22-16)15-7-2-1-3-8-15)21-14-20(10-4-5-11-20)18-9-6-12-25-18/h1-3,6-9,12-13H,4-5,10-11,14H2,(H,21,23). The van der Waals surface area contributed by atoms with Gasteiger partial charge in [0.2, 0.25) is 0 Å². The van der Waals surface area contributed by atoms with Gasteiger partial charge in [-0.05, 0) is 24.3 Å². The summed E-state index contributed by atoms with van der Waals surface area (Å²) in [4.78, 5) is 13.9. The zero-order valence-corrected chi connectivity index (χ0v) is 14.7. The van der Waals surface area contributed by atoms with Crippen molar-refractivity contribution in [3.8, 4) is 11.3 Å². The Morgan fingerprint density at radius 1 is 1.16 bits per heavy atom. The van der Waals surface area contributed by atoms with Gasteiger partial charge in [-0.15, -0.1) is 11.3 Å². The summed E-state index contributed by atoms with van der Waals surface area (Å²) in [6, 6.07) is 15.7. The predicted octanol–water partition coefficient (Wildman–Crippen LogP) is 4.64. The van der Waals surface area contributed by atoms with Gasteiger partial charge in [0.15, 0.2) is 11.5 Å². The van der Waals surface area contributed by atoms with Gasteiger partial charge < -0.3 is 9.84 Å². The molecule has 25 heavy (non-hydrogen) atoms. The molecule has 1 aliphatic rings. The fourth-order valence-electron chi connectivity index (χ4n) is 3.60. The molecule has 5 heteroatoms. The molecule has 1 N–H and O–H groups in total. The molecule has 0 spiro atoms. The summed E-state index contributed by atoms with van der Waals surface area (Å²) in [5.74, 6) is 0.438. The monoisotopic (exact) mass is 352 g/mol. The largest absolute Gasteiger partial charge is 0.355 e. The molecule has 1 amide bonds. The highest BCUT2D eigenvalue weighted by atomic mass is 32.1. The van der Waals surface area contributed by atoms with Gasteiger partial charge in [0, 0.05) is 28.5 Å². The van der Waals surface area contributed by atoms with Gasteiger partial charge in [-0.3, -0.25) is 4.79 Å². The van der Waals surface area contributed by atoms with E-state index in [2.05, 4.69) is 28.0 Å². The number of carbonyl (C=O) groups excluding carboxylic acids is 1. The van der Waals surface area contributed by atoms with E-state index < -0.39 is 0 Å². The van der Waals surface area contributed by atoms with Crippen molar-refractivity contribution in [1.29, 1.82) is 0 Å². The van der Waals surface area contributed by atoms with Gasteiger partial charge in [-0.1, -0.05) is 54.4 Å². The lowest BCUT2D eigenvalue weighted by Crippen LogP contribution is -2.38. The molecular weight excluding hydrogens is 332 g/mol. The summed E-state index contributed by atoms with van der Waals surface area (Å²) in [6.45, 7) is 0.653. The van der Waals surface area contributed by atoms with Crippen molar-refractivity contribution in [3.05, 3.63) is 64.5 Å². The molecule has 2 heterocycles. The predicted molar refractivity (Wildman–Crippen MR) is 98.7 cm³/mol. The van der Waals surface area contributed by atoms with Crippen molar-refractivity contribution in [2.75, 3.05) is 6.54 Å². The summed E-state index contributed by atoms with van der Waals surface area (Å²) in [7, 11) is 0. The van der Waals surface area contributed by atoms with E-state index in [1.165, 1.54) is 17.7 Å². The van der Waals surface area contributed by atoms with E-state index in [1.54, 1.807) is 17.4 Å². The van der Waals surface area contributed by atoms with E-state index in [4.69, 9.17) is 4.52 Å². The highest BCUT2D eigenvalue weighted by Gasteiger charge is 2.37. The van der Waals surface area contributed by atoms with Crippen LogP contribution in [0.15, 0.2) is 58.4 Å². The van der Waals surface area contributed by atoms with Gasteiger partial charge in [-0.25, -0.2) is 0 Å². The Labute approximate surface area is 150 Å². The van der Waals surface area contributed by atoms with Crippen LogP contribution in [-0.4, -0.2) is 17.6 Å². The Kier molecular flexibility index (Phi) is 4.40. The van der Waals surface area contributed by atoms with Gasteiger partial charge in [0.25, 0.3) is 5.91 Å². The molecule has 1 aliphatic carbocycles. The summed E-state index contributed by atoms with van der Waals surface area (Å²) >= 11 is 1.78. The third kappa shape index (κ3) is 3.24. The normalized spacial score (nSPS) is 16.0. The van der Waals surface area contributed by atoms with Crippen molar-refractivity contribution < 1.29 is 9.32 Å². The Bertz CT molecular complexity index is 834. The second-order valence-electron chi connectivity index (χ2n) is 6.59. The first kappa shape index (κ1) is 16.1. The lowest BCUT2D eigenvalue weighted by atomic mass is 9.84. The Morgan fingerprint density at radius 2 is 1.96 bits per heavy atom. The molecule has 0 unspecified atom stereocenters. The molecule has 1 fully saturated rings. The molecule has 0 atom stereocenters. The molecule has 3 aromatic rings. The fraction of sp³-hybridized carbons (Fsp3) is 0.300. The van der Waals surface area contributed by atoms with E-state index in [-0.39, 0.29) is 11.3 Å². The first-order chi connectivity index (χ1) is 12.3. The van der Waals surface area contributed by atoms with Gasteiger partial charge in [0.05, 0.1) is 0 Å². The minimum atomic E-state index is -0.172. The summed E-state index contributed by atoms with van der Waals surface area (Å²) in [6.07, 6.45) is 4.69. The second kappa shape index (κ2) is 6.84. The number of nitrogens with one attached hydrogen (secondary N) is 1. The topological polar surface area (TPSA) is 55.1 Å². The first-order valence-electron chi connectivity index (χ1n) is 8.61. The van der Waals surface area contributed by atoms with Gasteiger partial charge in [-0.2, -0.15) is 0 Å². The van der Waals surface area contributed by atoms with E-state index in [0.29, 0.717) is 18.0 Å². The first-order valence-corrected chi connectivity index (χ1v) is 9.49. The number of benzene rings is 1. The number of hydrogen-bond donors (Lipinski definition) is 1. The van der Waals surface area contributed by atoms with Crippen molar-refractivity contribution in [1.82, 2.24) is 10.5 Å².